The number of nitrogens with zero attached hydrogens (tertiary/aromatic N) is 4. The number of para-hydroxylation sites is 1. The molecule has 2 atom stereocenters. The Kier molecular flexibility index (Phi) is 7.33. The van der Waals surface area contributed by atoms with Gasteiger partial charge in [0.15, 0.2) is 0 Å². The quantitative estimate of drug-likeness (QED) is 0.373. The normalized spacial score (nSPS) is 16.2. The van der Waals surface area contributed by atoms with Crippen LogP contribution in [-0.2, 0) is 27.4 Å². The van der Waals surface area contributed by atoms with Gasteiger partial charge in [-0.3, -0.25) is 9.59 Å². The first-order valence-corrected chi connectivity index (χ1v) is 12.7. The number of benzene rings is 2. The number of amides is 2. The SMILES string of the molecule is O=C(NC[C@H]1CCCO1)[C@@H](c1ccccc1F)N(Cc1cccs1)C(=O)Cn1nnc2ccccc21. The molecule has 1 fully saturated rings. The van der Waals surface area contributed by atoms with E-state index in [9.17, 15) is 9.59 Å². The maximum Gasteiger partial charge on any atom is 0.247 e. The Balaban J connectivity index is 1.48. The Morgan fingerprint density at radius 1 is 1.17 bits per heavy atom. The summed E-state index contributed by atoms with van der Waals surface area (Å²) >= 11 is 1.47. The summed E-state index contributed by atoms with van der Waals surface area (Å²) in [7, 11) is 0. The topological polar surface area (TPSA) is 89.4 Å². The molecule has 0 bridgehead atoms. The van der Waals surface area contributed by atoms with Gasteiger partial charge in [-0.1, -0.05) is 41.6 Å². The third-order valence-electron chi connectivity index (χ3n) is 6.22. The second kappa shape index (κ2) is 11.0. The van der Waals surface area contributed by atoms with E-state index in [1.807, 2.05) is 41.8 Å². The fourth-order valence-electron chi connectivity index (χ4n) is 4.41. The summed E-state index contributed by atoms with van der Waals surface area (Å²) in [6.45, 7) is 0.968. The van der Waals surface area contributed by atoms with Crippen molar-refractivity contribution in [2.45, 2.75) is 38.1 Å². The summed E-state index contributed by atoms with van der Waals surface area (Å²) in [5.41, 5.74) is 1.50. The first-order chi connectivity index (χ1) is 17.6. The van der Waals surface area contributed by atoms with E-state index in [0.29, 0.717) is 24.2 Å². The maximum atomic E-state index is 15.1. The van der Waals surface area contributed by atoms with E-state index in [1.54, 1.807) is 18.2 Å². The molecule has 3 heterocycles. The third kappa shape index (κ3) is 5.29. The van der Waals surface area contributed by atoms with Crippen LogP contribution in [0.5, 0.6) is 0 Å². The molecule has 0 aliphatic carbocycles. The molecular weight excluding hydrogens is 481 g/mol. The molecular formula is C26H26FN5O3S. The lowest BCUT2D eigenvalue weighted by molar-refractivity contribution is -0.142. The molecule has 10 heteroatoms. The molecule has 0 saturated carbocycles. The number of carbonyl (C=O) groups is 2. The molecule has 2 aromatic heterocycles. The van der Waals surface area contributed by atoms with Gasteiger partial charge >= 0.3 is 0 Å². The molecule has 1 aliphatic rings. The molecule has 4 aromatic rings. The number of hydrogen-bond acceptors (Lipinski definition) is 6. The van der Waals surface area contributed by atoms with Gasteiger partial charge in [0.25, 0.3) is 0 Å². The Labute approximate surface area is 211 Å². The molecule has 1 N–H and O–H groups in total. The van der Waals surface area contributed by atoms with E-state index in [4.69, 9.17) is 4.74 Å². The fraction of sp³-hybridized carbons (Fsp3) is 0.308. The maximum absolute atomic E-state index is 15.1. The predicted octanol–water partition coefficient (Wildman–Crippen LogP) is 3.70. The average Bonchev–Trinajstić information content (AvgIpc) is 3.67. The molecule has 0 unspecified atom stereocenters. The molecule has 0 radical (unpaired) electrons. The van der Waals surface area contributed by atoms with Crippen LogP contribution >= 0.6 is 11.3 Å². The van der Waals surface area contributed by atoms with Gasteiger partial charge in [-0.25, -0.2) is 9.07 Å². The van der Waals surface area contributed by atoms with Crippen molar-refractivity contribution in [1.82, 2.24) is 25.2 Å². The molecule has 2 aromatic carbocycles. The van der Waals surface area contributed by atoms with Crippen molar-refractivity contribution in [3.63, 3.8) is 0 Å². The number of carbonyl (C=O) groups excluding carboxylic acids is 2. The summed E-state index contributed by atoms with van der Waals surface area (Å²) in [5.74, 6) is -1.38. The molecule has 5 rings (SSSR count). The zero-order chi connectivity index (χ0) is 24.9. The lowest BCUT2D eigenvalue weighted by Gasteiger charge is -2.31. The van der Waals surface area contributed by atoms with Crippen LogP contribution in [0.2, 0.25) is 0 Å². The van der Waals surface area contributed by atoms with Gasteiger partial charge in [0.05, 0.1) is 18.2 Å². The van der Waals surface area contributed by atoms with Gasteiger partial charge < -0.3 is 15.0 Å². The predicted molar refractivity (Wildman–Crippen MR) is 134 cm³/mol. The molecule has 36 heavy (non-hydrogen) atoms. The van der Waals surface area contributed by atoms with E-state index < -0.39 is 17.8 Å². The van der Waals surface area contributed by atoms with Gasteiger partial charge in [0.1, 0.15) is 23.9 Å². The van der Waals surface area contributed by atoms with Crippen LogP contribution in [0.1, 0.15) is 29.3 Å². The molecule has 1 saturated heterocycles. The van der Waals surface area contributed by atoms with Crippen LogP contribution < -0.4 is 5.32 Å². The minimum Gasteiger partial charge on any atom is -0.376 e. The van der Waals surface area contributed by atoms with Crippen molar-refractivity contribution in [3.8, 4) is 0 Å². The summed E-state index contributed by atoms with van der Waals surface area (Å²) in [4.78, 5) is 29.7. The Morgan fingerprint density at radius 3 is 2.78 bits per heavy atom. The number of nitrogens with one attached hydrogen (secondary N) is 1. The van der Waals surface area contributed by atoms with Crippen LogP contribution in [0.15, 0.2) is 66.0 Å². The Morgan fingerprint density at radius 2 is 2.00 bits per heavy atom. The third-order valence-corrected chi connectivity index (χ3v) is 7.08. The van der Waals surface area contributed by atoms with E-state index >= 15 is 4.39 Å². The number of rotatable bonds is 9. The molecule has 2 amide bonds. The summed E-state index contributed by atoms with van der Waals surface area (Å²) in [6, 6.07) is 16.0. The highest BCUT2D eigenvalue weighted by Crippen LogP contribution is 2.28. The monoisotopic (exact) mass is 507 g/mol. The van der Waals surface area contributed by atoms with Gasteiger partial charge in [0.2, 0.25) is 11.8 Å². The number of hydrogen-bond donors (Lipinski definition) is 1. The van der Waals surface area contributed by atoms with E-state index in [0.717, 1.165) is 17.7 Å². The second-order valence-corrected chi connectivity index (χ2v) is 9.67. The highest BCUT2D eigenvalue weighted by molar-refractivity contribution is 7.09. The van der Waals surface area contributed by atoms with Crippen molar-refractivity contribution < 1.29 is 18.7 Å². The molecule has 186 valence electrons. The zero-order valence-electron chi connectivity index (χ0n) is 19.5. The van der Waals surface area contributed by atoms with Gasteiger partial charge in [0, 0.05) is 23.6 Å². The van der Waals surface area contributed by atoms with Crippen molar-refractivity contribution in [2.24, 2.45) is 0 Å². The zero-order valence-corrected chi connectivity index (χ0v) is 20.4. The van der Waals surface area contributed by atoms with Gasteiger partial charge in [-0.05, 0) is 42.5 Å². The number of thiophene rings is 1. The highest BCUT2D eigenvalue weighted by Gasteiger charge is 2.34. The molecule has 1 aliphatic heterocycles. The first-order valence-electron chi connectivity index (χ1n) is 11.8. The Hall–Kier alpha value is -3.63. The number of fused-ring (bicyclic) bond motifs is 1. The standard InChI is InChI=1S/C26H26FN5O3S/c27-21-10-2-1-9-20(21)25(26(34)28-15-18-7-5-13-35-18)31(16-19-8-6-14-36-19)24(33)17-32-23-12-4-3-11-22(23)29-30-32/h1-4,6,8-12,14,18,25H,5,7,13,15-17H2,(H,28,34)/t18-,25-/m1/s1. The lowest BCUT2D eigenvalue weighted by Crippen LogP contribution is -2.46. The lowest BCUT2D eigenvalue weighted by atomic mass is 10.0. The van der Waals surface area contributed by atoms with E-state index in [2.05, 4.69) is 15.6 Å². The van der Waals surface area contributed by atoms with E-state index in [1.165, 1.54) is 27.0 Å². The summed E-state index contributed by atoms with van der Waals surface area (Å²) < 4.78 is 22.2. The van der Waals surface area contributed by atoms with Crippen LogP contribution in [0.3, 0.4) is 0 Å². The number of ether oxygens (including phenoxy) is 1. The first kappa shape index (κ1) is 24.1. The van der Waals surface area contributed by atoms with Crippen LogP contribution in [-0.4, -0.2) is 51.0 Å². The summed E-state index contributed by atoms with van der Waals surface area (Å²) in [5, 5.41) is 13.1. The van der Waals surface area contributed by atoms with Crippen LogP contribution in [0, 0.1) is 5.82 Å². The smallest absolute Gasteiger partial charge is 0.247 e. The largest absolute Gasteiger partial charge is 0.376 e. The highest BCUT2D eigenvalue weighted by atomic mass is 32.1. The minimum absolute atomic E-state index is 0.0850. The van der Waals surface area contributed by atoms with E-state index in [-0.39, 0.29) is 30.7 Å². The van der Waals surface area contributed by atoms with Gasteiger partial charge in [-0.2, -0.15) is 0 Å². The summed E-state index contributed by atoms with van der Waals surface area (Å²) in [6.07, 6.45) is 1.70. The average molecular weight is 508 g/mol. The van der Waals surface area contributed by atoms with Crippen LogP contribution in [0.4, 0.5) is 4.39 Å². The van der Waals surface area contributed by atoms with Crippen molar-refractivity contribution in [3.05, 3.63) is 82.3 Å². The molecule has 0 spiro atoms. The number of halogens is 1. The van der Waals surface area contributed by atoms with Crippen LogP contribution in [0.25, 0.3) is 11.0 Å². The Bertz CT molecular complexity index is 1340. The minimum atomic E-state index is -1.17. The fourth-order valence-corrected chi connectivity index (χ4v) is 5.11. The number of aromatic nitrogens is 3. The van der Waals surface area contributed by atoms with Gasteiger partial charge in [-0.15, -0.1) is 16.4 Å². The van der Waals surface area contributed by atoms with Crippen molar-refractivity contribution >= 4 is 34.2 Å². The van der Waals surface area contributed by atoms with Crippen molar-refractivity contribution in [2.75, 3.05) is 13.2 Å². The second-order valence-electron chi connectivity index (χ2n) is 8.64. The molecule has 8 nitrogen and oxygen atoms in total. The van der Waals surface area contributed by atoms with Crippen molar-refractivity contribution in [1.29, 1.82) is 0 Å².